The molecule has 13 heavy (non-hydrogen) atoms. The highest BCUT2D eigenvalue weighted by Gasteiger charge is 2.15. The van der Waals surface area contributed by atoms with Crippen molar-refractivity contribution >= 4 is 12.1 Å². The Morgan fingerprint density at radius 1 is 1.38 bits per heavy atom. The average molecular weight is 191 g/mol. The lowest BCUT2D eigenvalue weighted by molar-refractivity contribution is -0.161. The van der Waals surface area contributed by atoms with Crippen LogP contribution in [-0.4, -0.2) is 40.5 Å². The van der Waals surface area contributed by atoms with Crippen molar-refractivity contribution in [1.82, 2.24) is 5.06 Å². The van der Waals surface area contributed by atoms with Crippen LogP contribution < -0.4 is 0 Å². The Balaban J connectivity index is 3.81. The minimum absolute atomic E-state index is 0.218. The highest BCUT2D eigenvalue weighted by atomic mass is 16.7. The molecule has 0 bridgehead atoms. The van der Waals surface area contributed by atoms with E-state index in [1.165, 1.54) is 0 Å². The van der Waals surface area contributed by atoms with Gasteiger partial charge in [0.25, 0.3) is 0 Å². The molecule has 0 saturated heterocycles. The predicted molar refractivity (Wildman–Crippen MR) is 43.2 cm³/mol. The van der Waals surface area contributed by atoms with Gasteiger partial charge in [0.05, 0.1) is 6.61 Å². The first-order valence-electron chi connectivity index (χ1n) is 3.93. The van der Waals surface area contributed by atoms with Gasteiger partial charge < -0.3 is 10.2 Å². The second-order valence-corrected chi connectivity index (χ2v) is 2.40. The number of hydroxylamine groups is 2. The van der Waals surface area contributed by atoms with Crippen LogP contribution in [0.15, 0.2) is 0 Å². The maximum Gasteiger partial charge on any atom is 0.432 e. The third-order valence-corrected chi connectivity index (χ3v) is 1.24. The van der Waals surface area contributed by atoms with Gasteiger partial charge in [-0.2, -0.15) is 5.06 Å². The second-order valence-electron chi connectivity index (χ2n) is 2.40. The number of carboxylic acid groups (broad SMARTS) is 2. The summed E-state index contributed by atoms with van der Waals surface area (Å²) in [4.78, 5) is 25.2. The second kappa shape index (κ2) is 6.24. The number of nitrogens with zero attached hydrogens (tertiary/aromatic N) is 1. The van der Waals surface area contributed by atoms with Crippen LogP contribution in [0.1, 0.15) is 19.8 Å². The molecule has 6 nitrogen and oxygen atoms in total. The van der Waals surface area contributed by atoms with Gasteiger partial charge in [-0.05, 0) is 6.42 Å². The summed E-state index contributed by atoms with van der Waals surface area (Å²) < 4.78 is 0. The molecule has 0 aliphatic carbocycles. The summed E-state index contributed by atoms with van der Waals surface area (Å²) in [6, 6.07) is 0. The molecule has 0 heterocycles. The maximum atomic E-state index is 10.4. The largest absolute Gasteiger partial charge is 0.480 e. The summed E-state index contributed by atoms with van der Waals surface area (Å²) in [7, 11) is 0. The molecule has 0 saturated carbocycles. The van der Waals surface area contributed by atoms with E-state index in [4.69, 9.17) is 15.1 Å². The molecule has 0 aliphatic heterocycles. The van der Waals surface area contributed by atoms with E-state index in [1.54, 1.807) is 0 Å². The fourth-order valence-corrected chi connectivity index (χ4v) is 0.610. The minimum Gasteiger partial charge on any atom is -0.480 e. The summed E-state index contributed by atoms with van der Waals surface area (Å²) >= 11 is 0. The van der Waals surface area contributed by atoms with Gasteiger partial charge >= 0.3 is 12.1 Å². The molecule has 2 N–H and O–H groups in total. The van der Waals surface area contributed by atoms with E-state index >= 15 is 0 Å². The molecule has 0 aromatic carbocycles. The number of carboxylic acids is 1. The normalized spacial score (nSPS) is 9.62. The van der Waals surface area contributed by atoms with Crippen molar-refractivity contribution in [2.45, 2.75) is 19.8 Å². The summed E-state index contributed by atoms with van der Waals surface area (Å²) in [5, 5.41) is 17.2. The summed E-state index contributed by atoms with van der Waals surface area (Å²) in [5.41, 5.74) is 0. The molecular weight excluding hydrogens is 178 g/mol. The van der Waals surface area contributed by atoms with Gasteiger partial charge in [0.1, 0.15) is 6.54 Å². The third kappa shape index (κ3) is 5.92. The molecule has 76 valence electrons. The van der Waals surface area contributed by atoms with Crippen molar-refractivity contribution in [1.29, 1.82) is 0 Å². The molecule has 1 amide bonds. The van der Waals surface area contributed by atoms with Crippen molar-refractivity contribution in [3.05, 3.63) is 0 Å². The van der Waals surface area contributed by atoms with Gasteiger partial charge in [0.2, 0.25) is 0 Å². The maximum absolute atomic E-state index is 10.4. The molecule has 0 aromatic heterocycles. The van der Waals surface area contributed by atoms with Crippen LogP contribution in [0.5, 0.6) is 0 Å². The van der Waals surface area contributed by atoms with E-state index in [0.29, 0.717) is 11.5 Å². The first-order chi connectivity index (χ1) is 6.07. The fraction of sp³-hybridized carbons (Fsp3) is 0.714. The zero-order chi connectivity index (χ0) is 10.3. The molecule has 6 heteroatoms. The third-order valence-electron chi connectivity index (χ3n) is 1.24. The molecule has 0 rings (SSSR count). The lowest BCUT2D eigenvalue weighted by Crippen LogP contribution is -2.34. The summed E-state index contributed by atoms with van der Waals surface area (Å²) in [5.74, 6) is -1.24. The summed E-state index contributed by atoms with van der Waals surface area (Å²) in [6.45, 7) is 1.49. The molecule has 0 radical (unpaired) electrons. The number of carbonyl (C=O) groups is 2. The Morgan fingerprint density at radius 2 is 2.00 bits per heavy atom. The number of amides is 1. The van der Waals surface area contributed by atoms with Gasteiger partial charge in [-0.15, -0.1) is 0 Å². The smallest absolute Gasteiger partial charge is 0.432 e. The fourth-order valence-electron chi connectivity index (χ4n) is 0.610. The van der Waals surface area contributed by atoms with Gasteiger partial charge in [0.15, 0.2) is 0 Å². The molecule has 0 atom stereocenters. The molecule has 0 unspecified atom stereocenters. The number of hydrogen-bond donors (Lipinski definition) is 2. The van der Waals surface area contributed by atoms with Crippen LogP contribution in [0, 0.1) is 0 Å². The van der Waals surface area contributed by atoms with E-state index in [9.17, 15) is 9.59 Å². The van der Waals surface area contributed by atoms with Gasteiger partial charge in [-0.25, -0.2) is 4.79 Å². The summed E-state index contributed by atoms with van der Waals surface area (Å²) in [6.07, 6.45) is 0.169. The van der Waals surface area contributed by atoms with Crippen LogP contribution in [-0.2, 0) is 9.63 Å². The van der Waals surface area contributed by atoms with Crippen LogP contribution in [0.2, 0.25) is 0 Å². The quantitative estimate of drug-likeness (QED) is 0.478. The zero-order valence-corrected chi connectivity index (χ0v) is 7.39. The topological polar surface area (TPSA) is 87.1 Å². The van der Waals surface area contributed by atoms with E-state index < -0.39 is 18.6 Å². The molecular formula is C7H13NO5. The Bertz CT molecular complexity index is 182. The highest BCUT2D eigenvalue weighted by molar-refractivity contribution is 5.74. The molecule has 0 aliphatic rings. The van der Waals surface area contributed by atoms with E-state index in [1.807, 2.05) is 6.92 Å². The first-order valence-corrected chi connectivity index (χ1v) is 3.93. The Kier molecular flexibility index (Phi) is 5.62. The zero-order valence-electron chi connectivity index (χ0n) is 7.39. The van der Waals surface area contributed by atoms with Crippen LogP contribution in [0.25, 0.3) is 0 Å². The number of rotatable bonds is 6. The Hall–Kier alpha value is -1.30. The lowest BCUT2D eigenvalue weighted by atomic mass is 10.4. The van der Waals surface area contributed by atoms with Gasteiger partial charge in [-0.3, -0.25) is 9.63 Å². The van der Waals surface area contributed by atoms with Crippen molar-refractivity contribution in [3.63, 3.8) is 0 Å². The van der Waals surface area contributed by atoms with Crippen molar-refractivity contribution in [2.24, 2.45) is 0 Å². The predicted octanol–water partition coefficient (Wildman–Crippen LogP) is 0.783. The van der Waals surface area contributed by atoms with E-state index in [-0.39, 0.29) is 6.61 Å². The van der Waals surface area contributed by atoms with Crippen molar-refractivity contribution in [3.8, 4) is 0 Å². The monoisotopic (exact) mass is 191 g/mol. The standard InChI is InChI=1S/C7H13NO5/c1-2-3-4-13-8(7(11)12)5-6(9)10/h2-5H2,1H3,(H,9,10)(H,11,12). The van der Waals surface area contributed by atoms with Crippen molar-refractivity contribution in [2.75, 3.05) is 13.2 Å². The number of aliphatic carboxylic acids is 1. The van der Waals surface area contributed by atoms with Crippen LogP contribution in [0.4, 0.5) is 4.79 Å². The van der Waals surface area contributed by atoms with Crippen molar-refractivity contribution < 1.29 is 24.6 Å². The first kappa shape index (κ1) is 11.7. The van der Waals surface area contributed by atoms with Crippen LogP contribution >= 0.6 is 0 Å². The lowest BCUT2D eigenvalue weighted by Gasteiger charge is -2.15. The molecule has 0 spiro atoms. The van der Waals surface area contributed by atoms with Crippen LogP contribution in [0.3, 0.4) is 0 Å². The SMILES string of the molecule is CCCCON(CC(=O)O)C(=O)O. The Labute approximate surface area is 75.7 Å². The molecule has 0 fully saturated rings. The number of unbranched alkanes of at least 4 members (excludes halogenated alkanes) is 1. The van der Waals surface area contributed by atoms with E-state index in [2.05, 4.69) is 0 Å². The average Bonchev–Trinajstić information content (AvgIpc) is 2.02. The van der Waals surface area contributed by atoms with Gasteiger partial charge in [-0.1, -0.05) is 13.3 Å². The van der Waals surface area contributed by atoms with E-state index in [0.717, 1.165) is 6.42 Å². The van der Waals surface area contributed by atoms with Gasteiger partial charge in [0, 0.05) is 0 Å². The highest BCUT2D eigenvalue weighted by Crippen LogP contribution is 1.95. The minimum atomic E-state index is -1.39. The Morgan fingerprint density at radius 3 is 2.38 bits per heavy atom. The number of hydrogen-bond acceptors (Lipinski definition) is 3. The molecule has 0 aromatic rings.